The van der Waals surface area contributed by atoms with Crippen molar-refractivity contribution >= 4 is 17.8 Å². The minimum absolute atomic E-state index is 0.112. The van der Waals surface area contributed by atoms with Crippen LogP contribution < -0.4 is 5.32 Å². The highest BCUT2D eigenvalue weighted by Gasteiger charge is 2.37. The Kier molecular flexibility index (Phi) is 3.83. The number of aliphatic hydroxyl groups is 1. The van der Waals surface area contributed by atoms with Gasteiger partial charge in [-0.05, 0) is 0 Å². The van der Waals surface area contributed by atoms with Gasteiger partial charge in [-0.25, -0.2) is 0 Å². The van der Waals surface area contributed by atoms with Crippen molar-refractivity contribution in [3.05, 3.63) is 0 Å². The minimum Gasteiger partial charge on any atom is -0.480 e. The summed E-state index contributed by atoms with van der Waals surface area (Å²) in [6.45, 7) is 0.924. The number of hydrogen-bond donors (Lipinski definition) is 3. The molecule has 2 amide bonds. The number of β-amino-alcohol motifs (C(OH)–C–C–N with tert-alkyl or cyclic N) is 1. The highest BCUT2D eigenvalue weighted by atomic mass is 16.4. The van der Waals surface area contributed by atoms with E-state index in [1.807, 2.05) is 0 Å². The van der Waals surface area contributed by atoms with Crippen LogP contribution in [-0.2, 0) is 14.4 Å². The smallest absolute Gasteiger partial charge is 0.322 e. The number of rotatable bonds is 3. The molecule has 1 aliphatic heterocycles. The van der Waals surface area contributed by atoms with E-state index in [1.165, 1.54) is 11.8 Å². The summed E-state index contributed by atoms with van der Waals surface area (Å²) < 4.78 is 0. The maximum absolute atomic E-state index is 11.5. The van der Waals surface area contributed by atoms with Gasteiger partial charge in [0.1, 0.15) is 12.6 Å². The van der Waals surface area contributed by atoms with Gasteiger partial charge >= 0.3 is 5.97 Å². The summed E-state index contributed by atoms with van der Waals surface area (Å²) in [5.41, 5.74) is 0. The van der Waals surface area contributed by atoms with E-state index in [2.05, 4.69) is 5.32 Å². The fourth-order valence-electron chi connectivity index (χ4n) is 1.69. The Hall–Kier alpha value is -1.63. The lowest BCUT2D eigenvalue weighted by molar-refractivity contribution is -0.140. The number of hydrogen-bond acceptors (Lipinski definition) is 4. The van der Waals surface area contributed by atoms with E-state index < -0.39 is 30.6 Å². The first-order chi connectivity index (χ1) is 7.41. The maximum atomic E-state index is 11.5. The average Bonchev–Trinajstić information content (AvgIpc) is 2.56. The highest BCUT2D eigenvalue weighted by molar-refractivity contribution is 5.89. The Labute approximate surface area is 92.0 Å². The van der Waals surface area contributed by atoms with Crippen LogP contribution in [0, 0.1) is 0 Å². The number of aliphatic carboxylic acids is 1. The van der Waals surface area contributed by atoms with Gasteiger partial charge in [0.15, 0.2) is 0 Å². The van der Waals surface area contributed by atoms with Gasteiger partial charge in [-0.15, -0.1) is 0 Å². The molecule has 1 aliphatic rings. The molecule has 0 bridgehead atoms. The number of nitrogens with one attached hydrogen (secondary N) is 1. The molecular weight excluding hydrogens is 216 g/mol. The number of carboxylic acid groups (broad SMARTS) is 1. The summed E-state index contributed by atoms with van der Waals surface area (Å²) in [4.78, 5) is 34.2. The number of aliphatic hydroxyl groups excluding tert-OH is 1. The number of likely N-dealkylation sites (tertiary alicyclic amines) is 1. The summed E-state index contributed by atoms with van der Waals surface area (Å²) in [5.74, 6) is -2.01. The Morgan fingerprint density at radius 1 is 1.44 bits per heavy atom. The fourth-order valence-corrected chi connectivity index (χ4v) is 1.69. The third-order valence-electron chi connectivity index (χ3n) is 2.40. The lowest BCUT2D eigenvalue weighted by atomic mass is 10.2. The van der Waals surface area contributed by atoms with E-state index in [9.17, 15) is 19.5 Å². The third-order valence-corrected chi connectivity index (χ3v) is 2.40. The molecule has 0 aromatic rings. The van der Waals surface area contributed by atoms with E-state index in [4.69, 9.17) is 5.11 Å². The Bertz CT molecular complexity index is 317. The molecule has 1 fully saturated rings. The van der Waals surface area contributed by atoms with Gasteiger partial charge in [0, 0.05) is 19.9 Å². The molecule has 1 saturated heterocycles. The third kappa shape index (κ3) is 2.93. The Morgan fingerprint density at radius 2 is 2.06 bits per heavy atom. The molecular formula is C9H14N2O5. The van der Waals surface area contributed by atoms with E-state index in [0.29, 0.717) is 0 Å². The quantitative estimate of drug-likeness (QED) is 0.528. The molecule has 1 heterocycles. The van der Waals surface area contributed by atoms with Crippen LogP contribution in [-0.4, -0.2) is 58.1 Å². The number of nitrogens with zero attached hydrogens (tertiary/aromatic N) is 1. The van der Waals surface area contributed by atoms with Crippen molar-refractivity contribution in [3.63, 3.8) is 0 Å². The first-order valence-electron chi connectivity index (χ1n) is 4.86. The molecule has 0 spiro atoms. The molecule has 2 atom stereocenters. The number of carbonyl (C=O) groups is 3. The zero-order chi connectivity index (χ0) is 12.3. The predicted octanol–water partition coefficient (Wildman–Crippen LogP) is -1.83. The molecule has 3 N–H and O–H groups in total. The van der Waals surface area contributed by atoms with E-state index in [1.54, 1.807) is 0 Å². The van der Waals surface area contributed by atoms with Gasteiger partial charge in [0.2, 0.25) is 11.8 Å². The lowest BCUT2D eigenvalue weighted by Gasteiger charge is -2.21. The largest absolute Gasteiger partial charge is 0.480 e. The van der Waals surface area contributed by atoms with Crippen molar-refractivity contribution < 1.29 is 24.6 Å². The molecule has 0 aliphatic carbocycles. The first kappa shape index (κ1) is 12.4. The number of carbonyl (C=O) groups excluding carboxylic acids is 2. The minimum atomic E-state index is -1.15. The molecule has 0 radical (unpaired) electrons. The van der Waals surface area contributed by atoms with Crippen molar-refractivity contribution in [1.82, 2.24) is 10.2 Å². The van der Waals surface area contributed by atoms with E-state index in [0.717, 1.165) is 0 Å². The maximum Gasteiger partial charge on any atom is 0.322 e. The number of amides is 2. The monoisotopic (exact) mass is 230 g/mol. The van der Waals surface area contributed by atoms with Gasteiger partial charge in [-0.2, -0.15) is 0 Å². The zero-order valence-corrected chi connectivity index (χ0v) is 8.84. The van der Waals surface area contributed by atoms with Crippen LogP contribution in [0.5, 0.6) is 0 Å². The fraction of sp³-hybridized carbons (Fsp3) is 0.667. The van der Waals surface area contributed by atoms with Crippen molar-refractivity contribution in [3.8, 4) is 0 Å². The van der Waals surface area contributed by atoms with Crippen molar-refractivity contribution in [2.75, 3.05) is 13.1 Å². The summed E-state index contributed by atoms with van der Waals surface area (Å²) >= 11 is 0. The SMILES string of the molecule is CC(=O)N1CC(O)C[C@H]1C(=O)NCC(=O)O. The van der Waals surface area contributed by atoms with Gasteiger partial charge in [-0.1, -0.05) is 0 Å². The summed E-state index contributed by atoms with van der Waals surface area (Å²) in [6.07, 6.45) is -0.588. The van der Waals surface area contributed by atoms with Crippen molar-refractivity contribution in [2.24, 2.45) is 0 Å². The summed E-state index contributed by atoms with van der Waals surface area (Å²) in [7, 11) is 0. The van der Waals surface area contributed by atoms with Crippen LogP contribution in [0.1, 0.15) is 13.3 Å². The van der Waals surface area contributed by atoms with E-state index in [-0.39, 0.29) is 18.9 Å². The molecule has 16 heavy (non-hydrogen) atoms. The Morgan fingerprint density at radius 3 is 2.56 bits per heavy atom. The molecule has 90 valence electrons. The second-order valence-electron chi connectivity index (χ2n) is 3.69. The van der Waals surface area contributed by atoms with Crippen LogP contribution in [0.15, 0.2) is 0 Å². The van der Waals surface area contributed by atoms with Gasteiger partial charge in [0.05, 0.1) is 6.10 Å². The van der Waals surface area contributed by atoms with Crippen LogP contribution in [0.25, 0.3) is 0 Å². The zero-order valence-electron chi connectivity index (χ0n) is 8.84. The second kappa shape index (κ2) is 4.93. The van der Waals surface area contributed by atoms with Crippen LogP contribution in [0.3, 0.4) is 0 Å². The summed E-state index contributed by atoms with van der Waals surface area (Å²) in [5, 5.41) is 19.9. The van der Waals surface area contributed by atoms with Crippen LogP contribution in [0.2, 0.25) is 0 Å². The molecule has 0 saturated carbocycles. The predicted molar refractivity (Wildman–Crippen MR) is 52.4 cm³/mol. The van der Waals surface area contributed by atoms with Crippen molar-refractivity contribution in [1.29, 1.82) is 0 Å². The van der Waals surface area contributed by atoms with Crippen LogP contribution in [0.4, 0.5) is 0 Å². The first-order valence-corrected chi connectivity index (χ1v) is 4.86. The van der Waals surface area contributed by atoms with Gasteiger partial charge in [0.25, 0.3) is 0 Å². The summed E-state index contributed by atoms with van der Waals surface area (Å²) in [6, 6.07) is -0.771. The molecule has 1 rings (SSSR count). The molecule has 1 unspecified atom stereocenters. The van der Waals surface area contributed by atoms with Crippen molar-refractivity contribution in [2.45, 2.75) is 25.5 Å². The lowest BCUT2D eigenvalue weighted by Crippen LogP contribution is -2.46. The molecule has 7 nitrogen and oxygen atoms in total. The number of carboxylic acids is 1. The molecule has 0 aromatic carbocycles. The topological polar surface area (TPSA) is 107 Å². The Balaban J connectivity index is 2.59. The molecule has 0 aromatic heterocycles. The van der Waals surface area contributed by atoms with Crippen LogP contribution >= 0.6 is 0 Å². The van der Waals surface area contributed by atoms with E-state index >= 15 is 0 Å². The second-order valence-corrected chi connectivity index (χ2v) is 3.69. The molecule has 7 heteroatoms. The average molecular weight is 230 g/mol. The van der Waals surface area contributed by atoms with Gasteiger partial charge in [-0.3, -0.25) is 14.4 Å². The van der Waals surface area contributed by atoms with Gasteiger partial charge < -0.3 is 20.4 Å². The normalized spacial score (nSPS) is 24.2. The standard InChI is InChI=1S/C9H14N2O5/c1-5(12)11-4-6(13)2-7(11)9(16)10-3-8(14)15/h6-7,13H,2-4H2,1H3,(H,10,16)(H,14,15)/t6?,7-/m0/s1. The highest BCUT2D eigenvalue weighted by Crippen LogP contribution is 2.17.